The molecule has 136 valence electrons. The molecule has 2 fully saturated rings. The Kier molecular flexibility index (Phi) is 5.90. The summed E-state index contributed by atoms with van der Waals surface area (Å²) in [4.78, 5) is 34.1. The molecule has 5 atom stereocenters. The van der Waals surface area contributed by atoms with Crippen LogP contribution in [0.4, 0.5) is 0 Å². The van der Waals surface area contributed by atoms with Crippen molar-refractivity contribution in [3.05, 3.63) is 0 Å². The average molecular weight is 362 g/mol. The minimum Gasteiger partial charge on any atom is -0.465 e. The topological polar surface area (TPSA) is 97.4 Å². The van der Waals surface area contributed by atoms with E-state index >= 15 is 0 Å². The third-order valence-electron chi connectivity index (χ3n) is 3.46. The number of carbonyl (C=O) groups excluding carboxylic acids is 3. The number of hydrogen-bond donors (Lipinski definition) is 0. The normalized spacial score (nSPS) is 32.0. The van der Waals surface area contributed by atoms with Gasteiger partial charge >= 0.3 is 11.9 Å². The molecule has 0 bridgehead atoms. The van der Waals surface area contributed by atoms with Crippen LogP contribution >= 0.6 is 11.8 Å². The Morgan fingerprint density at radius 3 is 2.33 bits per heavy atom. The number of carbonyl (C=O) groups is 3. The van der Waals surface area contributed by atoms with Crippen LogP contribution in [0.1, 0.15) is 34.6 Å². The van der Waals surface area contributed by atoms with Gasteiger partial charge in [-0.2, -0.15) is 0 Å². The van der Waals surface area contributed by atoms with Crippen molar-refractivity contribution < 1.29 is 38.1 Å². The molecule has 0 radical (unpaired) electrons. The molecule has 2 rings (SSSR count). The van der Waals surface area contributed by atoms with Crippen LogP contribution in [-0.4, -0.2) is 59.3 Å². The molecule has 8 nitrogen and oxygen atoms in total. The van der Waals surface area contributed by atoms with Crippen molar-refractivity contribution >= 4 is 28.8 Å². The Morgan fingerprint density at radius 1 is 1.12 bits per heavy atom. The van der Waals surface area contributed by atoms with E-state index < -0.39 is 47.6 Å². The number of hydrogen-bond acceptors (Lipinski definition) is 9. The fourth-order valence-corrected chi connectivity index (χ4v) is 3.65. The molecule has 0 unspecified atom stereocenters. The van der Waals surface area contributed by atoms with E-state index in [1.54, 1.807) is 13.8 Å². The van der Waals surface area contributed by atoms with Crippen LogP contribution in [0, 0.1) is 0 Å². The molecule has 0 amide bonds. The van der Waals surface area contributed by atoms with Crippen molar-refractivity contribution in [1.29, 1.82) is 0 Å². The van der Waals surface area contributed by atoms with E-state index in [4.69, 9.17) is 23.7 Å². The van der Waals surface area contributed by atoms with Crippen LogP contribution in [0.5, 0.6) is 0 Å². The molecule has 9 heteroatoms. The van der Waals surface area contributed by atoms with Gasteiger partial charge in [0.25, 0.3) is 0 Å². The molecular formula is C15H22O8S. The van der Waals surface area contributed by atoms with Crippen LogP contribution in [0.25, 0.3) is 0 Å². The van der Waals surface area contributed by atoms with Crippen LogP contribution < -0.4 is 0 Å². The second-order valence-electron chi connectivity index (χ2n) is 6.09. The minimum absolute atomic E-state index is 0.0507. The van der Waals surface area contributed by atoms with Gasteiger partial charge in [-0.05, 0) is 13.8 Å². The SMILES string of the molecule is CC(=O)OC[C@H](SC(C)=O)[C@@H]1O[C@@H]2OC(C)(C)O[C@H]2[C@@H]1OC(C)=O. The first-order valence-electron chi connectivity index (χ1n) is 7.58. The Labute approximate surface area is 144 Å². The smallest absolute Gasteiger partial charge is 0.303 e. The fraction of sp³-hybridized carbons (Fsp3) is 0.800. The third-order valence-corrected chi connectivity index (χ3v) is 4.50. The molecule has 0 aliphatic carbocycles. The highest BCUT2D eigenvalue weighted by molar-refractivity contribution is 8.14. The van der Waals surface area contributed by atoms with Crippen LogP contribution in [0.2, 0.25) is 0 Å². The molecule has 0 N–H and O–H groups in total. The number of rotatable bonds is 5. The summed E-state index contributed by atoms with van der Waals surface area (Å²) in [5.74, 6) is -1.83. The van der Waals surface area contributed by atoms with E-state index in [0.717, 1.165) is 11.8 Å². The summed E-state index contributed by atoms with van der Waals surface area (Å²) in [6.07, 6.45) is -2.79. The Balaban J connectivity index is 2.19. The average Bonchev–Trinajstić information content (AvgIpc) is 2.87. The second kappa shape index (κ2) is 7.38. The number of thioether (sulfide) groups is 1. The van der Waals surface area contributed by atoms with Gasteiger partial charge in [0.05, 0.1) is 5.25 Å². The minimum atomic E-state index is -0.863. The molecule has 2 aliphatic rings. The zero-order valence-electron chi connectivity index (χ0n) is 14.3. The summed E-state index contributed by atoms with van der Waals surface area (Å²) in [5, 5.41) is -0.715. The maximum atomic E-state index is 11.5. The summed E-state index contributed by atoms with van der Waals surface area (Å²) in [7, 11) is 0. The molecule has 0 spiro atoms. The molecule has 0 aromatic carbocycles. The zero-order valence-corrected chi connectivity index (χ0v) is 15.1. The van der Waals surface area contributed by atoms with Gasteiger partial charge in [-0.15, -0.1) is 0 Å². The van der Waals surface area contributed by atoms with E-state index in [-0.39, 0.29) is 11.7 Å². The van der Waals surface area contributed by atoms with Crippen LogP contribution in [-0.2, 0) is 38.1 Å². The van der Waals surface area contributed by atoms with Crippen LogP contribution in [0.15, 0.2) is 0 Å². The molecule has 2 heterocycles. The fourth-order valence-electron chi connectivity index (χ4n) is 2.74. The van der Waals surface area contributed by atoms with Gasteiger partial charge in [-0.25, -0.2) is 0 Å². The summed E-state index contributed by atoms with van der Waals surface area (Å²) < 4.78 is 27.7. The number of esters is 2. The predicted octanol–water partition coefficient (Wildman–Crippen LogP) is 1.01. The lowest BCUT2D eigenvalue weighted by atomic mass is 10.1. The predicted molar refractivity (Wildman–Crippen MR) is 82.9 cm³/mol. The first kappa shape index (κ1) is 19.2. The first-order chi connectivity index (χ1) is 11.1. The highest BCUT2D eigenvalue weighted by atomic mass is 32.2. The molecule has 0 aromatic rings. The standard InChI is InChI=1S/C15H22O8S/c1-7(16)19-6-10(24-9(3)18)11-12(20-8(2)17)13-14(21-11)23-15(4,5)22-13/h10-14H,6H2,1-5H3/t10-,11-,12+,13-,14+/m0/s1. The highest BCUT2D eigenvalue weighted by Crippen LogP contribution is 2.41. The monoisotopic (exact) mass is 362 g/mol. The van der Waals surface area contributed by atoms with Crippen molar-refractivity contribution in [3.63, 3.8) is 0 Å². The van der Waals surface area contributed by atoms with Crippen molar-refractivity contribution in [3.8, 4) is 0 Å². The third kappa shape index (κ3) is 4.69. The quantitative estimate of drug-likeness (QED) is 0.664. The van der Waals surface area contributed by atoms with E-state index in [1.165, 1.54) is 20.8 Å². The zero-order chi connectivity index (χ0) is 18.1. The van der Waals surface area contributed by atoms with Gasteiger partial charge in [0.15, 0.2) is 29.4 Å². The molecule has 2 saturated heterocycles. The molecule has 0 aromatic heterocycles. The summed E-state index contributed by atoms with van der Waals surface area (Å²) in [6, 6.07) is 0. The molecule has 0 saturated carbocycles. The molecule has 2 aliphatic heterocycles. The largest absolute Gasteiger partial charge is 0.465 e. The van der Waals surface area contributed by atoms with Crippen molar-refractivity contribution in [2.24, 2.45) is 0 Å². The summed E-state index contributed by atoms with van der Waals surface area (Å²) in [5.41, 5.74) is 0. The molecular weight excluding hydrogens is 340 g/mol. The van der Waals surface area contributed by atoms with E-state index in [0.29, 0.717) is 0 Å². The van der Waals surface area contributed by atoms with Crippen molar-refractivity contribution in [2.75, 3.05) is 6.61 Å². The second-order valence-corrected chi connectivity index (χ2v) is 7.51. The van der Waals surface area contributed by atoms with Gasteiger partial charge in [-0.1, -0.05) is 11.8 Å². The van der Waals surface area contributed by atoms with Gasteiger partial charge in [-0.3, -0.25) is 14.4 Å². The van der Waals surface area contributed by atoms with Gasteiger partial charge in [0.2, 0.25) is 0 Å². The van der Waals surface area contributed by atoms with Gasteiger partial charge < -0.3 is 23.7 Å². The summed E-state index contributed by atoms with van der Waals surface area (Å²) >= 11 is 0.965. The number of fused-ring (bicyclic) bond motifs is 1. The molecule has 24 heavy (non-hydrogen) atoms. The van der Waals surface area contributed by atoms with E-state index in [9.17, 15) is 14.4 Å². The Hall–Kier alpha value is -1.16. The first-order valence-corrected chi connectivity index (χ1v) is 8.46. The maximum Gasteiger partial charge on any atom is 0.303 e. The van der Waals surface area contributed by atoms with E-state index in [2.05, 4.69) is 0 Å². The Morgan fingerprint density at radius 2 is 1.79 bits per heavy atom. The maximum absolute atomic E-state index is 11.5. The highest BCUT2D eigenvalue weighted by Gasteiger charge is 2.58. The van der Waals surface area contributed by atoms with Gasteiger partial charge in [0, 0.05) is 20.8 Å². The van der Waals surface area contributed by atoms with Crippen molar-refractivity contribution in [1.82, 2.24) is 0 Å². The van der Waals surface area contributed by atoms with Gasteiger partial charge in [0.1, 0.15) is 12.7 Å². The van der Waals surface area contributed by atoms with Crippen LogP contribution in [0.3, 0.4) is 0 Å². The van der Waals surface area contributed by atoms with Crippen molar-refractivity contribution in [2.45, 2.75) is 70.3 Å². The lowest BCUT2D eigenvalue weighted by Crippen LogP contribution is -2.44. The lowest BCUT2D eigenvalue weighted by molar-refractivity contribution is -0.219. The number of ether oxygens (including phenoxy) is 5. The van der Waals surface area contributed by atoms with E-state index in [1.807, 2.05) is 0 Å². The Bertz CT molecular complexity index is 520. The summed E-state index contributed by atoms with van der Waals surface area (Å²) in [6.45, 7) is 7.37. The lowest BCUT2D eigenvalue weighted by Gasteiger charge is -2.29.